The first-order chi connectivity index (χ1) is 14.5. The highest BCUT2D eigenvalue weighted by molar-refractivity contribution is 7.89. The van der Waals surface area contributed by atoms with Crippen LogP contribution in [0.1, 0.15) is 29.8 Å². The summed E-state index contributed by atoms with van der Waals surface area (Å²) >= 11 is 0. The van der Waals surface area contributed by atoms with Crippen molar-refractivity contribution in [3.8, 4) is 0 Å². The van der Waals surface area contributed by atoms with E-state index in [1.165, 1.54) is 34.6 Å². The van der Waals surface area contributed by atoms with Crippen molar-refractivity contribution in [3.63, 3.8) is 0 Å². The second-order valence-electron chi connectivity index (χ2n) is 6.32. The number of anilines is 1. The Bertz CT molecular complexity index is 1030. The molecular formula is C20H21F3N2O5S. The molecule has 0 aliphatic heterocycles. The van der Waals surface area contributed by atoms with E-state index >= 15 is 0 Å². The molecule has 0 heterocycles. The Morgan fingerprint density at radius 2 is 1.65 bits per heavy atom. The third-order valence-corrected chi connectivity index (χ3v) is 6.31. The minimum absolute atomic E-state index is 0.00930. The number of nitrogens with zero attached hydrogens (tertiary/aromatic N) is 1. The number of amides is 1. The van der Waals surface area contributed by atoms with Crippen molar-refractivity contribution in [2.45, 2.75) is 24.9 Å². The summed E-state index contributed by atoms with van der Waals surface area (Å²) in [6, 6.07) is 9.05. The van der Waals surface area contributed by atoms with Crippen LogP contribution in [0.2, 0.25) is 0 Å². The van der Waals surface area contributed by atoms with Crippen LogP contribution in [-0.2, 0) is 25.7 Å². The Kier molecular flexibility index (Phi) is 7.80. The fourth-order valence-corrected chi connectivity index (χ4v) is 4.12. The lowest BCUT2D eigenvalue weighted by molar-refractivity contribution is -0.137. The molecule has 2 aromatic rings. The predicted octanol–water partition coefficient (Wildman–Crippen LogP) is 3.53. The Morgan fingerprint density at radius 3 is 2.19 bits per heavy atom. The van der Waals surface area contributed by atoms with Gasteiger partial charge in [0.05, 0.1) is 16.0 Å². The van der Waals surface area contributed by atoms with Gasteiger partial charge in [-0.25, -0.2) is 13.2 Å². The zero-order chi connectivity index (χ0) is 23.2. The average molecular weight is 458 g/mol. The van der Waals surface area contributed by atoms with Gasteiger partial charge in [-0.1, -0.05) is 19.9 Å². The summed E-state index contributed by atoms with van der Waals surface area (Å²) in [6.07, 6.45) is -4.56. The molecule has 0 atom stereocenters. The number of rotatable bonds is 8. The van der Waals surface area contributed by atoms with Gasteiger partial charge in [-0.2, -0.15) is 17.5 Å². The largest absolute Gasteiger partial charge is 0.452 e. The first-order valence-corrected chi connectivity index (χ1v) is 10.7. The zero-order valence-electron chi connectivity index (χ0n) is 16.8. The van der Waals surface area contributed by atoms with Crippen LogP contribution in [0.25, 0.3) is 0 Å². The molecule has 1 amide bonds. The molecular weight excluding hydrogens is 437 g/mol. The zero-order valence-corrected chi connectivity index (χ0v) is 17.6. The van der Waals surface area contributed by atoms with Crippen molar-refractivity contribution in [2.75, 3.05) is 25.0 Å². The van der Waals surface area contributed by atoms with E-state index in [-0.39, 0.29) is 16.1 Å². The molecule has 0 fully saturated rings. The molecule has 2 rings (SSSR count). The van der Waals surface area contributed by atoms with Crippen LogP contribution in [0.5, 0.6) is 0 Å². The van der Waals surface area contributed by atoms with E-state index < -0.39 is 40.2 Å². The topological polar surface area (TPSA) is 92.8 Å². The molecule has 0 aromatic heterocycles. The summed E-state index contributed by atoms with van der Waals surface area (Å²) < 4.78 is 69.1. The number of alkyl halides is 3. The number of carbonyl (C=O) groups excluding carboxylic acids is 2. The van der Waals surface area contributed by atoms with Gasteiger partial charge in [0.2, 0.25) is 10.0 Å². The normalized spacial score (nSPS) is 11.9. The summed E-state index contributed by atoms with van der Waals surface area (Å²) in [7, 11) is -3.68. The maximum absolute atomic E-state index is 12.7. The van der Waals surface area contributed by atoms with E-state index in [1.807, 2.05) is 0 Å². The minimum Gasteiger partial charge on any atom is -0.452 e. The lowest BCUT2D eigenvalue weighted by atomic mass is 10.2. The van der Waals surface area contributed by atoms with Gasteiger partial charge < -0.3 is 10.1 Å². The fraction of sp³-hybridized carbons (Fsp3) is 0.300. The minimum atomic E-state index is -4.56. The Labute approximate surface area is 177 Å². The maximum atomic E-state index is 12.7. The smallest absolute Gasteiger partial charge is 0.416 e. The molecule has 2 aromatic carbocycles. The summed E-state index contributed by atoms with van der Waals surface area (Å²) in [5, 5.41) is 2.21. The Balaban J connectivity index is 1.98. The Hall–Kier alpha value is -2.92. The maximum Gasteiger partial charge on any atom is 0.416 e. The molecule has 0 unspecified atom stereocenters. The van der Waals surface area contributed by atoms with E-state index in [0.717, 1.165) is 18.2 Å². The Morgan fingerprint density at radius 1 is 1.03 bits per heavy atom. The molecule has 0 aliphatic rings. The third kappa shape index (κ3) is 6.28. The van der Waals surface area contributed by atoms with Crippen LogP contribution in [0.3, 0.4) is 0 Å². The van der Waals surface area contributed by atoms with Crippen LogP contribution in [0.4, 0.5) is 18.9 Å². The molecule has 0 radical (unpaired) electrons. The van der Waals surface area contributed by atoms with Gasteiger partial charge in [0.1, 0.15) is 0 Å². The molecule has 7 nitrogen and oxygen atoms in total. The number of nitrogens with one attached hydrogen (secondary N) is 1. The van der Waals surface area contributed by atoms with Gasteiger partial charge in [-0.3, -0.25) is 4.79 Å². The molecule has 0 spiro atoms. The second kappa shape index (κ2) is 9.92. The van der Waals surface area contributed by atoms with Crippen molar-refractivity contribution in [1.82, 2.24) is 4.31 Å². The molecule has 168 valence electrons. The first kappa shape index (κ1) is 24.4. The number of hydrogen-bond acceptors (Lipinski definition) is 5. The fourth-order valence-electron chi connectivity index (χ4n) is 2.66. The molecule has 0 saturated carbocycles. The lowest BCUT2D eigenvalue weighted by Crippen LogP contribution is -2.30. The van der Waals surface area contributed by atoms with Crippen LogP contribution < -0.4 is 5.32 Å². The second-order valence-corrected chi connectivity index (χ2v) is 8.25. The number of esters is 1. The highest BCUT2D eigenvalue weighted by Crippen LogP contribution is 2.30. The molecule has 0 saturated heterocycles. The van der Waals surface area contributed by atoms with E-state index in [9.17, 15) is 31.2 Å². The van der Waals surface area contributed by atoms with E-state index in [0.29, 0.717) is 13.1 Å². The number of sulfonamides is 1. The van der Waals surface area contributed by atoms with Gasteiger partial charge in [-0.15, -0.1) is 0 Å². The number of benzene rings is 2. The highest BCUT2D eigenvalue weighted by Gasteiger charge is 2.30. The third-order valence-electron chi connectivity index (χ3n) is 4.24. The van der Waals surface area contributed by atoms with Gasteiger partial charge in [-0.05, 0) is 42.5 Å². The quantitative estimate of drug-likeness (QED) is 0.611. The van der Waals surface area contributed by atoms with Gasteiger partial charge in [0.25, 0.3) is 5.91 Å². The van der Waals surface area contributed by atoms with Crippen LogP contribution in [0.15, 0.2) is 53.4 Å². The molecule has 0 bridgehead atoms. The number of carbonyl (C=O) groups is 2. The van der Waals surface area contributed by atoms with Crippen molar-refractivity contribution in [3.05, 3.63) is 59.7 Å². The van der Waals surface area contributed by atoms with Crippen molar-refractivity contribution in [2.24, 2.45) is 0 Å². The molecule has 31 heavy (non-hydrogen) atoms. The van der Waals surface area contributed by atoms with Crippen LogP contribution in [-0.4, -0.2) is 44.3 Å². The summed E-state index contributed by atoms with van der Waals surface area (Å²) in [5.74, 6) is -1.71. The SMILES string of the molecule is CCN(CC)S(=O)(=O)c1ccc(C(=O)OCC(=O)Nc2cccc(C(F)(F)F)c2)cc1. The highest BCUT2D eigenvalue weighted by atomic mass is 32.2. The summed E-state index contributed by atoms with van der Waals surface area (Å²) in [4.78, 5) is 24.0. The van der Waals surface area contributed by atoms with E-state index in [4.69, 9.17) is 4.74 Å². The van der Waals surface area contributed by atoms with Crippen molar-refractivity contribution < 1.29 is 35.9 Å². The monoisotopic (exact) mass is 458 g/mol. The average Bonchev–Trinajstić information content (AvgIpc) is 2.72. The molecule has 11 heteroatoms. The first-order valence-electron chi connectivity index (χ1n) is 9.23. The van der Waals surface area contributed by atoms with Crippen molar-refractivity contribution in [1.29, 1.82) is 0 Å². The number of hydrogen-bond donors (Lipinski definition) is 1. The van der Waals surface area contributed by atoms with Crippen molar-refractivity contribution >= 4 is 27.6 Å². The van der Waals surface area contributed by atoms with Gasteiger partial charge >= 0.3 is 12.1 Å². The van der Waals surface area contributed by atoms with Gasteiger partial charge in [0.15, 0.2) is 6.61 Å². The van der Waals surface area contributed by atoms with Crippen LogP contribution >= 0.6 is 0 Å². The van der Waals surface area contributed by atoms with E-state index in [1.54, 1.807) is 13.8 Å². The van der Waals surface area contributed by atoms with Gasteiger partial charge in [0, 0.05) is 18.8 Å². The number of halogens is 3. The van der Waals surface area contributed by atoms with Crippen LogP contribution in [0, 0.1) is 0 Å². The number of ether oxygens (including phenoxy) is 1. The predicted molar refractivity (Wildman–Crippen MR) is 107 cm³/mol. The summed E-state index contributed by atoms with van der Waals surface area (Å²) in [5.41, 5.74) is -1.01. The standard InChI is InChI=1S/C20H21F3N2O5S/c1-3-25(4-2)31(28,29)17-10-8-14(9-11-17)19(27)30-13-18(26)24-16-7-5-6-15(12-16)20(21,22)23/h5-12H,3-4,13H2,1-2H3,(H,24,26). The molecule has 1 N–H and O–H groups in total. The molecule has 0 aliphatic carbocycles. The lowest BCUT2D eigenvalue weighted by Gasteiger charge is -2.18. The van der Waals surface area contributed by atoms with E-state index in [2.05, 4.69) is 5.32 Å². The summed E-state index contributed by atoms with van der Waals surface area (Å²) in [6.45, 7) is 3.27.